The van der Waals surface area contributed by atoms with E-state index in [1.165, 1.54) is 17.7 Å². The molecule has 1 fully saturated rings. The minimum absolute atomic E-state index is 0.172. The Morgan fingerprint density at radius 3 is 2.77 bits per heavy atom. The Bertz CT molecular complexity index is 701. The van der Waals surface area contributed by atoms with Crippen molar-refractivity contribution in [2.45, 2.75) is 39.1 Å². The zero-order valence-electron chi connectivity index (χ0n) is 12.7. The zero-order valence-corrected chi connectivity index (χ0v) is 12.7. The van der Waals surface area contributed by atoms with Crippen LogP contribution in [-0.2, 0) is 4.74 Å². The Hall–Kier alpha value is -1.71. The molecule has 1 aliphatic heterocycles. The van der Waals surface area contributed by atoms with Crippen molar-refractivity contribution in [3.8, 4) is 0 Å². The Labute approximate surface area is 128 Å². The normalized spacial score (nSPS) is 27.7. The Balaban J connectivity index is 0.000000847. The van der Waals surface area contributed by atoms with E-state index >= 15 is 0 Å². The zero-order chi connectivity index (χ0) is 16.4. The number of aryl methyl sites for hydroxylation is 1. The summed E-state index contributed by atoms with van der Waals surface area (Å²) in [5.41, 5.74) is 0.234. The molecule has 9 heteroatoms. The molecule has 0 amide bonds. The van der Waals surface area contributed by atoms with E-state index in [4.69, 9.17) is 4.74 Å². The smallest absolute Gasteiger partial charge is 0.279 e. The average molecular weight is 306 g/mol. The van der Waals surface area contributed by atoms with Crippen LogP contribution in [-0.4, -0.2) is 56.4 Å². The summed E-state index contributed by atoms with van der Waals surface area (Å²) in [5, 5.41) is 19.5. The van der Waals surface area contributed by atoms with Gasteiger partial charge in [0.25, 0.3) is 5.56 Å². The summed E-state index contributed by atoms with van der Waals surface area (Å²) in [5.74, 6) is 0.244. The van der Waals surface area contributed by atoms with Crippen molar-refractivity contribution < 1.29 is 14.9 Å². The van der Waals surface area contributed by atoms with E-state index in [9.17, 15) is 15.0 Å². The van der Waals surface area contributed by atoms with Crippen molar-refractivity contribution in [2.24, 2.45) is 5.92 Å². The number of aromatic nitrogens is 4. The highest BCUT2D eigenvalue weighted by Gasteiger charge is 2.42. The summed E-state index contributed by atoms with van der Waals surface area (Å²) in [6.07, 6.45) is -0.533. The fourth-order valence-electron chi connectivity index (χ4n) is 2.52. The van der Waals surface area contributed by atoms with Gasteiger partial charge in [0.05, 0.1) is 26.9 Å². The maximum atomic E-state index is 11.8. The van der Waals surface area contributed by atoms with Gasteiger partial charge in [-0.15, -0.1) is 0 Å². The van der Waals surface area contributed by atoms with E-state index in [1.807, 2.05) is 0 Å². The maximum absolute atomic E-state index is 11.8. The van der Waals surface area contributed by atoms with Crippen LogP contribution >= 0.6 is 0 Å². The van der Waals surface area contributed by atoms with Gasteiger partial charge in [-0.05, 0) is 6.92 Å². The molecule has 0 saturated carbocycles. The molecular weight excluding hydrogens is 287 g/mol. The van der Waals surface area contributed by atoms with Crippen LogP contribution in [0.3, 0.4) is 0 Å². The highest BCUT2D eigenvalue weighted by Crippen LogP contribution is 2.34. The van der Waals surface area contributed by atoms with Gasteiger partial charge < -0.3 is 19.9 Å². The lowest BCUT2D eigenvalue weighted by Crippen LogP contribution is -2.25. The van der Waals surface area contributed by atoms with Crippen LogP contribution in [0, 0.1) is 12.8 Å². The molecule has 2 radical (unpaired) electrons. The third kappa shape index (κ3) is 2.67. The standard InChI is InChI=1S/C12H16N4O4.CH3B/c1-5-7(3-17)20-12(9(5)18)16-4-13-8-10(16)14-6(2)15-11(8)19;1-2/h4-5,7,9,12,17-18H,3H2,1-2H3,(H,14,15,19);1H3/t5?,7-,9+,12-;/m1./s1. The van der Waals surface area contributed by atoms with E-state index < -0.39 is 18.4 Å². The van der Waals surface area contributed by atoms with Crippen molar-refractivity contribution in [1.82, 2.24) is 19.5 Å². The molecule has 3 rings (SSSR count). The molecule has 118 valence electrons. The monoisotopic (exact) mass is 306 g/mol. The van der Waals surface area contributed by atoms with Gasteiger partial charge >= 0.3 is 0 Å². The van der Waals surface area contributed by atoms with Crippen LogP contribution in [0.1, 0.15) is 19.0 Å². The van der Waals surface area contributed by atoms with Crippen molar-refractivity contribution in [3.05, 3.63) is 22.5 Å². The first-order valence-corrected chi connectivity index (χ1v) is 6.98. The third-order valence-corrected chi connectivity index (χ3v) is 3.74. The number of aliphatic hydroxyl groups is 2. The molecule has 0 aliphatic carbocycles. The average Bonchev–Trinajstić information content (AvgIpc) is 3.04. The molecule has 8 nitrogen and oxygen atoms in total. The van der Waals surface area contributed by atoms with E-state index in [1.54, 1.807) is 13.8 Å². The fraction of sp³-hybridized carbons (Fsp3) is 0.615. The number of hydrogen-bond donors (Lipinski definition) is 3. The largest absolute Gasteiger partial charge is 0.394 e. The molecule has 2 aromatic rings. The number of aliphatic hydroxyl groups excluding tert-OH is 2. The first kappa shape index (κ1) is 16.7. The number of rotatable bonds is 2. The van der Waals surface area contributed by atoms with E-state index in [0.29, 0.717) is 11.5 Å². The Morgan fingerprint density at radius 1 is 1.50 bits per heavy atom. The molecule has 22 heavy (non-hydrogen) atoms. The number of imidazole rings is 1. The van der Waals surface area contributed by atoms with Gasteiger partial charge in [0.1, 0.15) is 11.9 Å². The molecule has 0 aromatic carbocycles. The van der Waals surface area contributed by atoms with E-state index in [-0.39, 0.29) is 23.6 Å². The Kier molecular flexibility index (Phi) is 4.99. The minimum Gasteiger partial charge on any atom is -0.394 e. The number of nitrogens with zero attached hydrogens (tertiary/aromatic N) is 3. The van der Waals surface area contributed by atoms with Crippen LogP contribution < -0.4 is 5.56 Å². The van der Waals surface area contributed by atoms with Crippen molar-refractivity contribution in [2.75, 3.05) is 6.61 Å². The molecule has 3 N–H and O–H groups in total. The molecule has 0 bridgehead atoms. The number of H-pyrrole nitrogens is 1. The molecule has 1 saturated heterocycles. The summed E-state index contributed by atoms with van der Waals surface area (Å²) < 4.78 is 7.17. The van der Waals surface area contributed by atoms with Crippen molar-refractivity contribution in [3.63, 3.8) is 0 Å². The molecule has 1 unspecified atom stereocenters. The topological polar surface area (TPSA) is 113 Å². The van der Waals surface area contributed by atoms with Gasteiger partial charge in [-0.1, -0.05) is 13.7 Å². The second-order valence-electron chi connectivity index (χ2n) is 5.07. The lowest BCUT2D eigenvalue weighted by molar-refractivity contribution is -0.0491. The van der Waals surface area contributed by atoms with Crippen LogP contribution in [0.15, 0.2) is 11.1 Å². The summed E-state index contributed by atoms with van der Waals surface area (Å²) in [7, 11) is 4.50. The van der Waals surface area contributed by atoms with Crippen molar-refractivity contribution in [1.29, 1.82) is 0 Å². The number of fused-ring (bicyclic) bond motifs is 1. The maximum Gasteiger partial charge on any atom is 0.279 e. The number of aromatic amines is 1. The summed E-state index contributed by atoms with van der Waals surface area (Å²) in [6.45, 7) is 4.80. The number of nitrogens with one attached hydrogen (secondary N) is 1. The molecule has 3 heterocycles. The molecular formula is C13H19BN4O4. The predicted octanol–water partition coefficient (Wildman–Crippen LogP) is -0.482. The van der Waals surface area contributed by atoms with E-state index in [2.05, 4.69) is 22.8 Å². The summed E-state index contributed by atoms with van der Waals surface area (Å²) in [4.78, 5) is 22.6. The van der Waals surface area contributed by atoms with Gasteiger partial charge in [-0.3, -0.25) is 9.36 Å². The highest BCUT2D eigenvalue weighted by molar-refractivity contribution is 6.05. The number of ether oxygens (including phenoxy) is 1. The van der Waals surface area contributed by atoms with Crippen molar-refractivity contribution >= 4 is 19.0 Å². The minimum atomic E-state index is -0.800. The Morgan fingerprint density at radius 2 is 2.18 bits per heavy atom. The lowest BCUT2D eigenvalue weighted by Gasteiger charge is -2.16. The first-order chi connectivity index (χ1) is 10.5. The molecule has 2 aromatic heterocycles. The van der Waals surface area contributed by atoms with Crippen LogP contribution in [0.2, 0.25) is 6.82 Å². The molecule has 0 spiro atoms. The fourth-order valence-corrected chi connectivity index (χ4v) is 2.52. The van der Waals surface area contributed by atoms with E-state index in [0.717, 1.165) is 0 Å². The first-order valence-electron chi connectivity index (χ1n) is 6.98. The van der Waals surface area contributed by atoms with Gasteiger partial charge in [-0.25, -0.2) is 9.97 Å². The van der Waals surface area contributed by atoms with Crippen LogP contribution in [0.5, 0.6) is 0 Å². The van der Waals surface area contributed by atoms with Gasteiger partial charge in [0.15, 0.2) is 17.4 Å². The second-order valence-corrected chi connectivity index (χ2v) is 5.07. The molecule has 4 atom stereocenters. The van der Waals surface area contributed by atoms with Gasteiger partial charge in [0, 0.05) is 5.92 Å². The highest BCUT2D eigenvalue weighted by atomic mass is 16.5. The molecule has 1 aliphatic rings. The van der Waals surface area contributed by atoms with Crippen LogP contribution in [0.25, 0.3) is 11.2 Å². The third-order valence-electron chi connectivity index (χ3n) is 3.74. The predicted molar refractivity (Wildman–Crippen MR) is 80.7 cm³/mol. The number of hydrogen-bond acceptors (Lipinski definition) is 6. The van der Waals surface area contributed by atoms with Crippen LogP contribution in [0.4, 0.5) is 0 Å². The van der Waals surface area contributed by atoms with Gasteiger partial charge in [0.2, 0.25) is 0 Å². The quantitative estimate of drug-likeness (QED) is 0.646. The lowest BCUT2D eigenvalue weighted by atomic mass is 10.0. The summed E-state index contributed by atoms with van der Waals surface area (Å²) in [6, 6.07) is 0. The second kappa shape index (κ2) is 6.59. The summed E-state index contributed by atoms with van der Waals surface area (Å²) >= 11 is 0. The van der Waals surface area contributed by atoms with Gasteiger partial charge in [-0.2, -0.15) is 0 Å². The SMILES string of the molecule is Cc1nc2c(ncn2[C@@H]2O[C@H](CO)C(C)[C@@H]2O)c(=O)[nH]1.[B]C.